The van der Waals surface area contributed by atoms with Gasteiger partial charge in [0, 0.05) is 23.2 Å². The van der Waals surface area contributed by atoms with E-state index in [1.165, 1.54) is 23.1 Å². The molecule has 0 fully saturated rings. The molecule has 21 heavy (non-hydrogen) atoms. The van der Waals surface area contributed by atoms with E-state index in [2.05, 4.69) is 0 Å². The van der Waals surface area contributed by atoms with Crippen molar-refractivity contribution in [2.45, 2.75) is 33.2 Å². The molecule has 0 aliphatic carbocycles. The molecule has 0 saturated carbocycles. The molecule has 1 atom stereocenters. The van der Waals surface area contributed by atoms with Crippen molar-refractivity contribution in [3.05, 3.63) is 39.4 Å². The Morgan fingerprint density at radius 3 is 2.48 bits per heavy atom. The first-order chi connectivity index (χ1) is 9.77. The van der Waals surface area contributed by atoms with Crippen LogP contribution in [0.4, 0.5) is 5.69 Å². The van der Waals surface area contributed by atoms with Crippen molar-refractivity contribution in [2.75, 3.05) is 6.54 Å². The third-order valence-corrected chi connectivity index (χ3v) is 3.33. The van der Waals surface area contributed by atoms with Crippen LogP contribution in [0.15, 0.2) is 18.2 Å². The van der Waals surface area contributed by atoms with E-state index in [9.17, 15) is 19.7 Å². The zero-order valence-electron chi connectivity index (χ0n) is 12.2. The van der Waals surface area contributed by atoms with Crippen molar-refractivity contribution in [1.82, 2.24) is 4.90 Å². The Labute approximate surface area is 122 Å². The number of nitrogens with zero attached hydrogens (tertiary/aromatic N) is 2. The summed E-state index contributed by atoms with van der Waals surface area (Å²) in [6, 6.07) is 3.80. The number of carbonyl (C=O) groups excluding carboxylic acids is 1. The number of benzene rings is 1. The van der Waals surface area contributed by atoms with Gasteiger partial charge >= 0.3 is 5.97 Å². The molecule has 0 bridgehead atoms. The van der Waals surface area contributed by atoms with Gasteiger partial charge in [0.2, 0.25) is 0 Å². The standard InChI is InChI=1S/C14H18N2O5/c1-4-10(3)15(8-13(17)18)14(19)11-5-6-12(16(20)21)9(2)7-11/h5-7,10H,4,8H2,1-3H3,(H,17,18). The van der Waals surface area contributed by atoms with Crippen LogP contribution in [0.25, 0.3) is 0 Å². The lowest BCUT2D eigenvalue weighted by molar-refractivity contribution is -0.385. The molecule has 1 rings (SSSR count). The minimum Gasteiger partial charge on any atom is -0.480 e. The van der Waals surface area contributed by atoms with Crippen molar-refractivity contribution in [3.8, 4) is 0 Å². The third kappa shape index (κ3) is 4.01. The summed E-state index contributed by atoms with van der Waals surface area (Å²) in [5.41, 5.74) is 0.546. The van der Waals surface area contributed by atoms with Gasteiger partial charge in [0.1, 0.15) is 6.54 Å². The second-order valence-electron chi connectivity index (χ2n) is 4.84. The number of aliphatic carboxylic acids is 1. The Hall–Kier alpha value is -2.44. The van der Waals surface area contributed by atoms with Gasteiger partial charge in [-0.15, -0.1) is 0 Å². The van der Waals surface area contributed by atoms with Crippen molar-refractivity contribution in [1.29, 1.82) is 0 Å². The summed E-state index contributed by atoms with van der Waals surface area (Å²) in [5.74, 6) is -1.54. The molecule has 1 amide bonds. The van der Waals surface area contributed by atoms with Crippen LogP contribution in [0.3, 0.4) is 0 Å². The fraction of sp³-hybridized carbons (Fsp3) is 0.429. The highest BCUT2D eigenvalue weighted by molar-refractivity contribution is 5.96. The number of amides is 1. The number of aryl methyl sites for hydroxylation is 1. The number of nitro benzene ring substituents is 1. The number of carboxylic acids is 1. The molecule has 1 aromatic carbocycles. The monoisotopic (exact) mass is 294 g/mol. The predicted molar refractivity (Wildman–Crippen MR) is 76.3 cm³/mol. The maximum Gasteiger partial charge on any atom is 0.323 e. The normalized spacial score (nSPS) is 11.8. The highest BCUT2D eigenvalue weighted by atomic mass is 16.6. The Kier molecular flexibility index (Phi) is 5.40. The number of carboxylic acid groups (broad SMARTS) is 1. The molecule has 1 N–H and O–H groups in total. The summed E-state index contributed by atoms with van der Waals surface area (Å²) in [5, 5.41) is 19.7. The van der Waals surface area contributed by atoms with E-state index in [4.69, 9.17) is 5.11 Å². The van der Waals surface area contributed by atoms with Gasteiger partial charge in [-0.2, -0.15) is 0 Å². The van der Waals surface area contributed by atoms with Gasteiger partial charge in [0.05, 0.1) is 4.92 Å². The molecular weight excluding hydrogens is 276 g/mol. The average Bonchev–Trinajstić information content (AvgIpc) is 2.42. The quantitative estimate of drug-likeness (QED) is 0.640. The molecule has 0 heterocycles. The highest BCUT2D eigenvalue weighted by Crippen LogP contribution is 2.20. The van der Waals surface area contributed by atoms with Gasteiger partial charge in [-0.1, -0.05) is 6.92 Å². The number of nitro groups is 1. The summed E-state index contributed by atoms with van der Waals surface area (Å²) in [4.78, 5) is 34.8. The van der Waals surface area contributed by atoms with E-state index in [0.29, 0.717) is 12.0 Å². The van der Waals surface area contributed by atoms with Crippen LogP contribution < -0.4 is 0 Å². The zero-order chi connectivity index (χ0) is 16.2. The first-order valence-electron chi connectivity index (χ1n) is 6.55. The first-order valence-corrected chi connectivity index (χ1v) is 6.55. The lowest BCUT2D eigenvalue weighted by Gasteiger charge is -2.27. The van der Waals surface area contributed by atoms with Crippen molar-refractivity contribution in [2.24, 2.45) is 0 Å². The maximum atomic E-state index is 12.4. The van der Waals surface area contributed by atoms with Gasteiger partial charge in [0.15, 0.2) is 0 Å². The summed E-state index contributed by atoms with van der Waals surface area (Å²) in [7, 11) is 0. The minimum atomic E-state index is -1.10. The van der Waals surface area contributed by atoms with Crippen LogP contribution in [0.1, 0.15) is 36.2 Å². The number of carbonyl (C=O) groups is 2. The van der Waals surface area contributed by atoms with Crippen LogP contribution >= 0.6 is 0 Å². The topological polar surface area (TPSA) is 101 Å². The minimum absolute atomic E-state index is 0.0696. The molecule has 7 nitrogen and oxygen atoms in total. The van der Waals surface area contributed by atoms with Crippen LogP contribution in [0, 0.1) is 17.0 Å². The molecule has 7 heteroatoms. The number of rotatable bonds is 6. The summed E-state index contributed by atoms with van der Waals surface area (Å²) in [6.07, 6.45) is 0.616. The van der Waals surface area contributed by atoms with E-state index >= 15 is 0 Å². The van der Waals surface area contributed by atoms with E-state index in [1.807, 2.05) is 6.92 Å². The van der Waals surface area contributed by atoms with Gasteiger partial charge in [-0.25, -0.2) is 0 Å². The molecule has 0 aromatic heterocycles. The summed E-state index contributed by atoms with van der Waals surface area (Å²) >= 11 is 0. The lowest BCUT2D eigenvalue weighted by atomic mass is 10.1. The Balaban J connectivity index is 3.11. The van der Waals surface area contributed by atoms with Crippen LogP contribution in [0.5, 0.6) is 0 Å². The van der Waals surface area contributed by atoms with E-state index in [1.54, 1.807) is 13.8 Å². The maximum absolute atomic E-state index is 12.4. The third-order valence-electron chi connectivity index (χ3n) is 3.33. The van der Waals surface area contributed by atoms with Crippen LogP contribution in [0.2, 0.25) is 0 Å². The van der Waals surface area contributed by atoms with Crippen LogP contribution in [-0.4, -0.2) is 39.4 Å². The number of hydrogen-bond donors (Lipinski definition) is 1. The molecular formula is C14H18N2O5. The van der Waals surface area contributed by atoms with Crippen molar-refractivity contribution in [3.63, 3.8) is 0 Å². The molecule has 1 unspecified atom stereocenters. The smallest absolute Gasteiger partial charge is 0.323 e. The average molecular weight is 294 g/mol. The van der Waals surface area contributed by atoms with Crippen molar-refractivity contribution >= 4 is 17.6 Å². The highest BCUT2D eigenvalue weighted by Gasteiger charge is 2.24. The molecule has 0 aliphatic heterocycles. The Morgan fingerprint density at radius 1 is 1.43 bits per heavy atom. The first kappa shape index (κ1) is 16.6. The fourth-order valence-corrected chi connectivity index (χ4v) is 1.95. The summed E-state index contributed by atoms with van der Waals surface area (Å²) in [6.45, 7) is 4.76. The molecule has 0 spiro atoms. The van der Waals surface area contributed by atoms with Gasteiger partial charge in [0.25, 0.3) is 11.6 Å². The molecule has 0 radical (unpaired) electrons. The Morgan fingerprint density at radius 2 is 2.05 bits per heavy atom. The Bertz CT molecular complexity index is 570. The lowest BCUT2D eigenvalue weighted by Crippen LogP contribution is -2.41. The van der Waals surface area contributed by atoms with Crippen molar-refractivity contribution < 1.29 is 19.6 Å². The summed E-state index contributed by atoms with van der Waals surface area (Å²) < 4.78 is 0. The van der Waals surface area contributed by atoms with E-state index in [-0.39, 0.29) is 17.3 Å². The number of hydrogen-bond acceptors (Lipinski definition) is 4. The SMILES string of the molecule is CCC(C)N(CC(=O)O)C(=O)c1ccc([N+](=O)[O-])c(C)c1. The predicted octanol–water partition coefficient (Wildman–Crippen LogP) is 2.23. The molecule has 1 aromatic rings. The largest absolute Gasteiger partial charge is 0.480 e. The molecule has 0 saturated heterocycles. The fourth-order valence-electron chi connectivity index (χ4n) is 1.95. The van der Waals surface area contributed by atoms with Gasteiger partial charge < -0.3 is 10.0 Å². The van der Waals surface area contributed by atoms with Gasteiger partial charge in [-0.3, -0.25) is 19.7 Å². The second-order valence-corrected chi connectivity index (χ2v) is 4.84. The molecule has 114 valence electrons. The molecule has 0 aliphatic rings. The van der Waals surface area contributed by atoms with Gasteiger partial charge in [-0.05, 0) is 32.4 Å². The van der Waals surface area contributed by atoms with Crippen LogP contribution in [-0.2, 0) is 4.79 Å². The van der Waals surface area contributed by atoms with E-state index < -0.39 is 23.3 Å². The van der Waals surface area contributed by atoms with E-state index in [0.717, 1.165) is 0 Å². The zero-order valence-corrected chi connectivity index (χ0v) is 12.2. The second kappa shape index (κ2) is 6.83.